The minimum atomic E-state index is -0.287. The van der Waals surface area contributed by atoms with Crippen molar-refractivity contribution in [3.05, 3.63) is 12.3 Å². The van der Waals surface area contributed by atoms with Gasteiger partial charge in [0, 0.05) is 14.1 Å². The van der Waals surface area contributed by atoms with Gasteiger partial charge in [-0.15, -0.1) is 0 Å². The van der Waals surface area contributed by atoms with Crippen LogP contribution < -0.4 is 10.6 Å². The van der Waals surface area contributed by atoms with Gasteiger partial charge in [-0.25, -0.2) is 0 Å². The molecule has 0 aromatic carbocycles. The summed E-state index contributed by atoms with van der Waals surface area (Å²) < 4.78 is 5.84. The van der Waals surface area contributed by atoms with Gasteiger partial charge in [0.25, 0.3) is 0 Å². The number of amidine groups is 1. The van der Waals surface area contributed by atoms with Crippen LogP contribution in [0.5, 0.6) is 0 Å². The van der Waals surface area contributed by atoms with E-state index < -0.39 is 0 Å². The van der Waals surface area contributed by atoms with Gasteiger partial charge in [0.1, 0.15) is 11.9 Å². The molecule has 0 aromatic rings. The highest BCUT2D eigenvalue weighted by atomic mass is 16.5. The summed E-state index contributed by atoms with van der Waals surface area (Å²) in [4.78, 5) is 15.8. The van der Waals surface area contributed by atoms with Crippen molar-refractivity contribution < 1.29 is 9.53 Å². The molecule has 2 rings (SSSR count). The van der Waals surface area contributed by atoms with Crippen molar-refractivity contribution in [1.82, 2.24) is 10.6 Å². The highest BCUT2D eigenvalue weighted by Gasteiger charge is 2.37. The minimum absolute atomic E-state index is 0.0375. The first-order chi connectivity index (χ1) is 7.76. The van der Waals surface area contributed by atoms with Crippen LogP contribution >= 0.6 is 0 Å². The molecular weight excluding hydrogens is 206 g/mol. The first-order valence-electron chi connectivity index (χ1n) is 5.53. The molecule has 0 aromatic heterocycles. The molecule has 1 saturated carbocycles. The Morgan fingerprint density at radius 2 is 2.38 bits per heavy atom. The largest absolute Gasteiger partial charge is 0.366 e. The van der Waals surface area contributed by atoms with Gasteiger partial charge >= 0.3 is 0 Å². The second kappa shape index (κ2) is 4.65. The highest BCUT2D eigenvalue weighted by Crippen LogP contribution is 2.28. The van der Waals surface area contributed by atoms with Gasteiger partial charge in [-0.2, -0.15) is 0 Å². The first-order valence-corrected chi connectivity index (χ1v) is 5.53. The van der Waals surface area contributed by atoms with E-state index in [1.54, 1.807) is 20.3 Å². The van der Waals surface area contributed by atoms with E-state index in [1.807, 2.05) is 6.08 Å². The third kappa shape index (κ3) is 2.24. The molecule has 16 heavy (non-hydrogen) atoms. The molecule has 1 aliphatic heterocycles. The zero-order valence-corrected chi connectivity index (χ0v) is 9.56. The maximum atomic E-state index is 11.7. The van der Waals surface area contributed by atoms with Crippen molar-refractivity contribution in [3.8, 4) is 0 Å². The van der Waals surface area contributed by atoms with Crippen LogP contribution in [0.15, 0.2) is 17.3 Å². The summed E-state index contributed by atoms with van der Waals surface area (Å²) in [5.74, 6) is 0.401. The van der Waals surface area contributed by atoms with Crippen LogP contribution in [0.2, 0.25) is 0 Å². The lowest BCUT2D eigenvalue weighted by Crippen LogP contribution is -2.48. The highest BCUT2D eigenvalue weighted by molar-refractivity contribution is 5.95. The molecule has 5 heteroatoms. The maximum Gasteiger partial charge on any atom is 0.229 e. The minimum Gasteiger partial charge on any atom is -0.366 e. The van der Waals surface area contributed by atoms with E-state index in [0.717, 1.165) is 18.7 Å². The van der Waals surface area contributed by atoms with Crippen molar-refractivity contribution >= 4 is 11.7 Å². The van der Waals surface area contributed by atoms with Crippen LogP contribution in [0.25, 0.3) is 0 Å². The fraction of sp³-hybridized carbons (Fsp3) is 0.636. The van der Waals surface area contributed by atoms with Gasteiger partial charge in [-0.3, -0.25) is 9.79 Å². The van der Waals surface area contributed by atoms with Crippen LogP contribution in [-0.2, 0) is 9.53 Å². The predicted molar refractivity (Wildman–Crippen MR) is 61.1 cm³/mol. The lowest BCUT2D eigenvalue weighted by Gasteiger charge is -2.28. The van der Waals surface area contributed by atoms with E-state index in [1.165, 1.54) is 0 Å². The van der Waals surface area contributed by atoms with Crippen molar-refractivity contribution in [2.75, 3.05) is 14.1 Å². The number of amides is 1. The summed E-state index contributed by atoms with van der Waals surface area (Å²) in [6.45, 7) is 0. The number of nitrogens with one attached hydrogen (secondary N) is 2. The number of carbonyl (C=O) groups excluding carboxylic acids is 1. The third-order valence-electron chi connectivity index (χ3n) is 2.78. The van der Waals surface area contributed by atoms with Gasteiger partial charge in [0.05, 0.1) is 12.0 Å². The van der Waals surface area contributed by atoms with E-state index in [-0.39, 0.29) is 17.9 Å². The zero-order valence-electron chi connectivity index (χ0n) is 9.56. The number of aliphatic imine (C=N–C) groups is 1. The Hall–Kier alpha value is -1.36. The first kappa shape index (κ1) is 11.1. The van der Waals surface area contributed by atoms with E-state index in [4.69, 9.17) is 4.74 Å². The normalized spacial score (nSPS) is 31.2. The molecule has 1 amide bonds. The van der Waals surface area contributed by atoms with Gasteiger partial charge in [-0.05, 0) is 19.0 Å². The van der Waals surface area contributed by atoms with Gasteiger partial charge in [-0.1, -0.05) is 6.08 Å². The van der Waals surface area contributed by atoms with E-state index in [9.17, 15) is 4.79 Å². The second-order valence-electron chi connectivity index (χ2n) is 4.01. The Balaban J connectivity index is 2.15. The lowest BCUT2D eigenvalue weighted by molar-refractivity contribution is -0.126. The topological polar surface area (TPSA) is 62.7 Å². The summed E-state index contributed by atoms with van der Waals surface area (Å²) in [7, 11) is 3.33. The third-order valence-corrected chi connectivity index (χ3v) is 2.78. The molecule has 2 N–H and O–H groups in total. The molecule has 0 saturated heterocycles. The number of nitrogens with zero attached hydrogens (tertiary/aromatic N) is 1. The summed E-state index contributed by atoms with van der Waals surface area (Å²) >= 11 is 0. The van der Waals surface area contributed by atoms with Crippen molar-refractivity contribution in [1.29, 1.82) is 0 Å². The Kier molecular flexibility index (Phi) is 3.24. The maximum absolute atomic E-state index is 11.7. The Bertz CT molecular complexity index is 334. The van der Waals surface area contributed by atoms with E-state index in [2.05, 4.69) is 15.6 Å². The molecule has 2 unspecified atom stereocenters. The smallest absolute Gasteiger partial charge is 0.229 e. The average Bonchev–Trinajstić information content (AvgIpc) is 3.12. The summed E-state index contributed by atoms with van der Waals surface area (Å²) in [6.07, 6.45) is 5.75. The monoisotopic (exact) mass is 223 g/mol. The van der Waals surface area contributed by atoms with E-state index in [0.29, 0.717) is 6.10 Å². The number of hydrogen-bond acceptors (Lipinski definition) is 3. The van der Waals surface area contributed by atoms with Crippen molar-refractivity contribution in [2.24, 2.45) is 10.9 Å². The van der Waals surface area contributed by atoms with E-state index >= 15 is 0 Å². The summed E-state index contributed by atoms with van der Waals surface area (Å²) in [6, 6.07) is 0. The number of ether oxygens (including phenoxy) is 1. The molecule has 0 spiro atoms. The van der Waals surface area contributed by atoms with Gasteiger partial charge < -0.3 is 15.4 Å². The number of hydrogen-bond donors (Lipinski definition) is 2. The van der Waals surface area contributed by atoms with Gasteiger partial charge in [0.2, 0.25) is 5.91 Å². The second-order valence-corrected chi connectivity index (χ2v) is 4.01. The number of carbonyl (C=O) groups is 1. The molecule has 5 nitrogen and oxygen atoms in total. The SMILES string of the molecule is CN=C1NC=CC(C(=O)NC)C1OC1CC1. The lowest BCUT2D eigenvalue weighted by atomic mass is 9.97. The predicted octanol–water partition coefficient (Wildman–Crippen LogP) is 0.0414. The molecule has 1 heterocycles. The standard InChI is InChI=1S/C11H17N3O2/c1-12-10-9(16-7-3-4-7)8(5-6-14-10)11(15)13-2/h5-9H,3-4H2,1-2H3,(H,12,14)(H,13,15). The molecule has 0 bridgehead atoms. The molecule has 1 aliphatic carbocycles. The Morgan fingerprint density at radius 1 is 1.62 bits per heavy atom. The molecule has 88 valence electrons. The number of rotatable bonds is 3. The molecule has 0 radical (unpaired) electrons. The summed E-state index contributed by atoms with van der Waals surface area (Å²) in [5, 5.41) is 5.68. The quantitative estimate of drug-likeness (QED) is 0.710. The van der Waals surface area contributed by atoms with Crippen LogP contribution in [0.3, 0.4) is 0 Å². The molecule has 2 atom stereocenters. The van der Waals surface area contributed by atoms with Crippen LogP contribution in [0.1, 0.15) is 12.8 Å². The Morgan fingerprint density at radius 3 is 2.94 bits per heavy atom. The van der Waals surface area contributed by atoms with Crippen LogP contribution in [0.4, 0.5) is 0 Å². The fourth-order valence-electron chi connectivity index (χ4n) is 1.73. The zero-order chi connectivity index (χ0) is 11.5. The fourth-order valence-corrected chi connectivity index (χ4v) is 1.73. The molecule has 2 aliphatic rings. The summed E-state index contributed by atoms with van der Waals surface area (Å²) in [5.41, 5.74) is 0. The molecule has 1 fully saturated rings. The molecular formula is C11H17N3O2. The van der Waals surface area contributed by atoms with Crippen LogP contribution in [0, 0.1) is 5.92 Å². The van der Waals surface area contributed by atoms with Crippen LogP contribution in [-0.4, -0.2) is 38.0 Å². The van der Waals surface area contributed by atoms with Crippen molar-refractivity contribution in [2.45, 2.75) is 25.0 Å². The van der Waals surface area contributed by atoms with Gasteiger partial charge in [0.15, 0.2) is 0 Å². The van der Waals surface area contributed by atoms with Crippen molar-refractivity contribution in [3.63, 3.8) is 0 Å². The average molecular weight is 223 g/mol. The Labute approximate surface area is 95.0 Å².